The van der Waals surface area contributed by atoms with Crippen LogP contribution in [0.25, 0.3) is 0 Å². The maximum absolute atomic E-state index is 3.63. The molecule has 2 fully saturated rings. The van der Waals surface area contributed by atoms with E-state index in [2.05, 4.69) is 31.0 Å². The van der Waals surface area contributed by atoms with E-state index in [9.17, 15) is 0 Å². The Bertz CT molecular complexity index is 201. The lowest BCUT2D eigenvalue weighted by Gasteiger charge is -2.41. The zero-order valence-corrected chi connectivity index (χ0v) is 11.2. The molecule has 0 atom stereocenters. The summed E-state index contributed by atoms with van der Waals surface area (Å²) in [7, 11) is 0. The SMILES string of the molecule is CC1CCN(CC2CC(NC(C)C)C2)CC1. The van der Waals surface area contributed by atoms with Crippen molar-refractivity contribution in [3.8, 4) is 0 Å². The van der Waals surface area contributed by atoms with E-state index in [0.717, 1.165) is 17.9 Å². The molecule has 1 saturated heterocycles. The van der Waals surface area contributed by atoms with Gasteiger partial charge in [-0.1, -0.05) is 20.8 Å². The molecule has 1 N–H and O–H groups in total. The van der Waals surface area contributed by atoms with E-state index in [1.807, 2.05) is 0 Å². The lowest BCUT2D eigenvalue weighted by atomic mass is 9.79. The molecule has 1 aliphatic carbocycles. The Labute approximate surface area is 101 Å². The summed E-state index contributed by atoms with van der Waals surface area (Å²) in [5.74, 6) is 1.94. The number of hydrogen-bond donors (Lipinski definition) is 1. The fourth-order valence-corrected chi connectivity index (χ4v) is 3.10. The van der Waals surface area contributed by atoms with Gasteiger partial charge in [0.25, 0.3) is 0 Å². The topological polar surface area (TPSA) is 15.3 Å². The van der Waals surface area contributed by atoms with Crippen molar-refractivity contribution < 1.29 is 0 Å². The average molecular weight is 224 g/mol. The van der Waals surface area contributed by atoms with Crippen LogP contribution in [0.4, 0.5) is 0 Å². The van der Waals surface area contributed by atoms with Crippen LogP contribution in [0.5, 0.6) is 0 Å². The Morgan fingerprint density at radius 2 is 1.81 bits per heavy atom. The van der Waals surface area contributed by atoms with Gasteiger partial charge in [0.1, 0.15) is 0 Å². The molecule has 0 aromatic carbocycles. The van der Waals surface area contributed by atoms with E-state index in [1.54, 1.807) is 0 Å². The van der Waals surface area contributed by atoms with Crippen molar-refractivity contribution in [2.24, 2.45) is 11.8 Å². The molecule has 0 spiro atoms. The third-order valence-electron chi connectivity index (χ3n) is 4.20. The monoisotopic (exact) mass is 224 g/mol. The molecule has 94 valence electrons. The van der Waals surface area contributed by atoms with Gasteiger partial charge in [0.15, 0.2) is 0 Å². The molecular weight excluding hydrogens is 196 g/mol. The van der Waals surface area contributed by atoms with E-state index >= 15 is 0 Å². The molecule has 2 heteroatoms. The Morgan fingerprint density at radius 3 is 2.38 bits per heavy atom. The molecule has 2 nitrogen and oxygen atoms in total. The van der Waals surface area contributed by atoms with Gasteiger partial charge in [-0.25, -0.2) is 0 Å². The van der Waals surface area contributed by atoms with Crippen molar-refractivity contribution >= 4 is 0 Å². The highest BCUT2D eigenvalue weighted by molar-refractivity contribution is 4.88. The second-order valence-corrected chi connectivity index (χ2v) is 6.34. The molecule has 1 saturated carbocycles. The van der Waals surface area contributed by atoms with Gasteiger partial charge in [-0.3, -0.25) is 0 Å². The minimum Gasteiger partial charge on any atom is -0.312 e. The minimum absolute atomic E-state index is 0.654. The fraction of sp³-hybridized carbons (Fsp3) is 1.00. The Morgan fingerprint density at radius 1 is 1.19 bits per heavy atom. The van der Waals surface area contributed by atoms with Gasteiger partial charge in [0.2, 0.25) is 0 Å². The first-order chi connectivity index (χ1) is 7.63. The average Bonchev–Trinajstić information content (AvgIpc) is 2.17. The summed E-state index contributed by atoms with van der Waals surface area (Å²) in [5, 5.41) is 3.63. The third kappa shape index (κ3) is 3.46. The van der Waals surface area contributed by atoms with E-state index in [-0.39, 0.29) is 0 Å². The highest BCUT2D eigenvalue weighted by Gasteiger charge is 2.31. The number of piperidine rings is 1. The fourth-order valence-electron chi connectivity index (χ4n) is 3.10. The van der Waals surface area contributed by atoms with Crippen LogP contribution >= 0.6 is 0 Å². The molecule has 16 heavy (non-hydrogen) atoms. The van der Waals surface area contributed by atoms with Crippen molar-refractivity contribution in [2.75, 3.05) is 19.6 Å². The molecule has 0 aromatic rings. The summed E-state index contributed by atoms with van der Waals surface area (Å²) in [6.45, 7) is 10.9. The largest absolute Gasteiger partial charge is 0.312 e. The first-order valence-electron chi connectivity index (χ1n) is 7.12. The maximum atomic E-state index is 3.63. The van der Waals surface area contributed by atoms with Crippen molar-refractivity contribution in [1.82, 2.24) is 10.2 Å². The Balaban J connectivity index is 1.59. The lowest BCUT2D eigenvalue weighted by molar-refractivity contribution is 0.112. The van der Waals surface area contributed by atoms with Gasteiger partial charge in [0.05, 0.1) is 0 Å². The molecule has 2 rings (SSSR count). The molecular formula is C14H28N2. The second-order valence-electron chi connectivity index (χ2n) is 6.34. The van der Waals surface area contributed by atoms with Gasteiger partial charge in [-0.2, -0.15) is 0 Å². The Kier molecular flexibility index (Phi) is 4.26. The zero-order valence-electron chi connectivity index (χ0n) is 11.2. The van der Waals surface area contributed by atoms with Crippen LogP contribution in [0.3, 0.4) is 0 Å². The third-order valence-corrected chi connectivity index (χ3v) is 4.20. The van der Waals surface area contributed by atoms with Gasteiger partial charge < -0.3 is 10.2 Å². The van der Waals surface area contributed by atoms with Gasteiger partial charge in [0, 0.05) is 18.6 Å². The Hall–Kier alpha value is -0.0800. The van der Waals surface area contributed by atoms with Crippen molar-refractivity contribution in [3.05, 3.63) is 0 Å². The second kappa shape index (κ2) is 5.50. The number of nitrogens with zero attached hydrogens (tertiary/aromatic N) is 1. The van der Waals surface area contributed by atoms with Crippen LogP contribution in [-0.2, 0) is 0 Å². The van der Waals surface area contributed by atoms with E-state index < -0.39 is 0 Å². The van der Waals surface area contributed by atoms with E-state index in [0.29, 0.717) is 6.04 Å². The van der Waals surface area contributed by atoms with Gasteiger partial charge in [-0.05, 0) is 50.6 Å². The van der Waals surface area contributed by atoms with Crippen LogP contribution < -0.4 is 5.32 Å². The standard InChI is InChI=1S/C14H28N2/c1-11(2)15-14-8-13(9-14)10-16-6-4-12(3)5-7-16/h11-15H,4-10H2,1-3H3. The van der Waals surface area contributed by atoms with E-state index in [1.165, 1.54) is 45.3 Å². The quantitative estimate of drug-likeness (QED) is 0.789. The molecule has 0 bridgehead atoms. The highest BCUT2D eigenvalue weighted by Crippen LogP contribution is 2.29. The molecule has 0 amide bonds. The number of likely N-dealkylation sites (tertiary alicyclic amines) is 1. The molecule has 0 unspecified atom stereocenters. The summed E-state index contributed by atoms with van der Waals surface area (Å²) < 4.78 is 0. The number of hydrogen-bond acceptors (Lipinski definition) is 2. The summed E-state index contributed by atoms with van der Waals surface area (Å²) in [4.78, 5) is 2.69. The van der Waals surface area contributed by atoms with Crippen LogP contribution in [0.1, 0.15) is 46.5 Å². The molecule has 1 heterocycles. The predicted octanol–water partition coefficient (Wildman–Crippen LogP) is 2.49. The summed E-state index contributed by atoms with van der Waals surface area (Å²) in [6, 6.07) is 1.47. The predicted molar refractivity (Wildman–Crippen MR) is 69.6 cm³/mol. The molecule has 0 aromatic heterocycles. The van der Waals surface area contributed by atoms with E-state index in [4.69, 9.17) is 0 Å². The molecule has 2 aliphatic rings. The van der Waals surface area contributed by atoms with Crippen molar-refractivity contribution in [3.63, 3.8) is 0 Å². The number of rotatable bonds is 4. The van der Waals surface area contributed by atoms with Crippen LogP contribution in [0.15, 0.2) is 0 Å². The normalized spacial score (nSPS) is 33.0. The van der Waals surface area contributed by atoms with Gasteiger partial charge in [-0.15, -0.1) is 0 Å². The molecule has 1 aliphatic heterocycles. The summed E-state index contributed by atoms with van der Waals surface area (Å²) in [6.07, 6.45) is 5.65. The summed E-state index contributed by atoms with van der Waals surface area (Å²) in [5.41, 5.74) is 0. The first kappa shape index (κ1) is 12.4. The zero-order chi connectivity index (χ0) is 11.5. The molecule has 0 radical (unpaired) electrons. The van der Waals surface area contributed by atoms with Crippen LogP contribution in [0, 0.1) is 11.8 Å². The van der Waals surface area contributed by atoms with Gasteiger partial charge >= 0.3 is 0 Å². The van der Waals surface area contributed by atoms with Crippen molar-refractivity contribution in [2.45, 2.75) is 58.5 Å². The smallest absolute Gasteiger partial charge is 0.00756 e. The minimum atomic E-state index is 0.654. The maximum Gasteiger partial charge on any atom is 0.00756 e. The van der Waals surface area contributed by atoms with Crippen molar-refractivity contribution in [1.29, 1.82) is 0 Å². The van der Waals surface area contributed by atoms with Crippen LogP contribution in [0.2, 0.25) is 0 Å². The first-order valence-corrected chi connectivity index (χ1v) is 7.12. The summed E-state index contributed by atoms with van der Waals surface area (Å²) >= 11 is 0. The highest BCUT2D eigenvalue weighted by atomic mass is 15.1. The lowest BCUT2D eigenvalue weighted by Crippen LogP contribution is -2.48. The van der Waals surface area contributed by atoms with Crippen LogP contribution in [-0.4, -0.2) is 36.6 Å². The number of nitrogens with one attached hydrogen (secondary N) is 1.